The van der Waals surface area contributed by atoms with Crippen LogP contribution in [0.4, 0.5) is 0 Å². The van der Waals surface area contributed by atoms with E-state index in [4.69, 9.17) is 18.9 Å². The number of rotatable bonds is 7. The van der Waals surface area contributed by atoms with Crippen LogP contribution >= 0.6 is 0 Å². The molecule has 1 aliphatic carbocycles. The number of aromatic nitrogens is 3. The summed E-state index contributed by atoms with van der Waals surface area (Å²) in [6.07, 6.45) is -1.28. The molecular weight excluding hydrogens is 458 g/mol. The smallest absolute Gasteiger partial charge is 0.303 e. The van der Waals surface area contributed by atoms with Crippen molar-refractivity contribution in [3.8, 4) is 11.3 Å². The molecule has 1 heterocycles. The molecule has 0 aliphatic heterocycles. The van der Waals surface area contributed by atoms with Crippen LogP contribution in [0.3, 0.4) is 0 Å². The third-order valence-electron chi connectivity index (χ3n) is 5.64. The van der Waals surface area contributed by atoms with Crippen LogP contribution in [-0.2, 0) is 38.1 Å². The summed E-state index contributed by atoms with van der Waals surface area (Å²) in [6, 6.07) is 7.08. The monoisotopic (exact) mass is 487 g/mol. The average Bonchev–Trinajstić information content (AvgIpc) is 3.24. The molecule has 0 bridgehead atoms. The van der Waals surface area contributed by atoms with Crippen LogP contribution in [0.15, 0.2) is 30.5 Å². The van der Waals surface area contributed by atoms with Gasteiger partial charge in [0.15, 0.2) is 12.2 Å². The fourth-order valence-electron chi connectivity index (χ4n) is 4.21. The summed E-state index contributed by atoms with van der Waals surface area (Å²) in [4.78, 5) is 47.4. The van der Waals surface area contributed by atoms with Crippen LogP contribution in [0.1, 0.15) is 45.7 Å². The summed E-state index contributed by atoms with van der Waals surface area (Å²) in [5.41, 5.74) is 2.53. The summed E-state index contributed by atoms with van der Waals surface area (Å²) in [5, 5.41) is 8.50. The minimum Gasteiger partial charge on any atom is -0.465 e. The Morgan fingerprint density at radius 1 is 0.857 bits per heavy atom. The van der Waals surface area contributed by atoms with E-state index < -0.39 is 54.1 Å². The van der Waals surface area contributed by atoms with Crippen LogP contribution in [0.2, 0.25) is 0 Å². The molecule has 188 valence electrons. The highest BCUT2D eigenvalue weighted by Crippen LogP contribution is 2.39. The predicted octanol–water partition coefficient (Wildman–Crippen LogP) is 2.17. The fraction of sp³-hybridized carbons (Fsp3) is 0.500. The maximum atomic E-state index is 12.0. The molecule has 11 nitrogen and oxygen atoms in total. The molecule has 11 heteroatoms. The first kappa shape index (κ1) is 25.9. The Hall–Kier alpha value is -3.76. The van der Waals surface area contributed by atoms with Crippen molar-refractivity contribution < 1.29 is 38.1 Å². The molecule has 0 unspecified atom stereocenters. The second-order valence-electron chi connectivity index (χ2n) is 8.54. The lowest BCUT2D eigenvalue weighted by Crippen LogP contribution is -2.57. The highest BCUT2D eigenvalue weighted by Gasteiger charge is 2.52. The van der Waals surface area contributed by atoms with Gasteiger partial charge < -0.3 is 18.9 Å². The molecule has 0 amide bonds. The van der Waals surface area contributed by atoms with E-state index in [1.165, 1.54) is 32.4 Å². The molecule has 2 aromatic rings. The molecule has 0 N–H and O–H groups in total. The molecule has 3 rings (SSSR count). The SMILES string of the molecule is CC(=O)OC[C@H]1C[C@H](n2cc(-c3ccc(C)cc3)nn2)[C@H](OC(C)=O)[C@@H](OC(C)=O)[C@@H]1OC(C)=O. The Morgan fingerprint density at radius 2 is 1.43 bits per heavy atom. The molecule has 1 saturated carbocycles. The Bertz CT molecular complexity index is 1080. The molecule has 1 aromatic carbocycles. The highest BCUT2D eigenvalue weighted by molar-refractivity contribution is 5.68. The van der Waals surface area contributed by atoms with Gasteiger partial charge in [-0.25, -0.2) is 4.68 Å². The topological polar surface area (TPSA) is 136 Å². The van der Waals surface area contributed by atoms with E-state index in [1.54, 1.807) is 6.20 Å². The van der Waals surface area contributed by atoms with E-state index >= 15 is 0 Å². The van der Waals surface area contributed by atoms with Crippen molar-refractivity contribution in [1.29, 1.82) is 0 Å². The van der Waals surface area contributed by atoms with E-state index in [1.807, 2.05) is 31.2 Å². The van der Waals surface area contributed by atoms with Gasteiger partial charge in [0, 0.05) is 39.2 Å². The molecule has 35 heavy (non-hydrogen) atoms. The predicted molar refractivity (Wildman–Crippen MR) is 121 cm³/mol. The van der Waals surface area contributed by atoms with Gasteiger partial charge in [0.1, 0.15) is 11.8 Å². The van der Waals surface area contributed by atoms with Gasteiger partial charge in [0.05, 0.1) is 18.8 Å². The first-order valence-corrected chi connectivity index (χ1v) is 11.2. The Labute approximate surface area is 202 Å². The quantitative estimate of drug-likeness (QED) is 0.422. The number of aryl methyl sites for hydroxylation is 1. The molecule has 0 spiro atoms. The second-order valence-corrected chi connectivity index (χ2v) is 8.54. The number of benzene rings is 1. The summed E-state index contributed by atoms with van der Waals surface area (Å²) in [6.45, 7) is 6.78. The van der Waals surface area contributed by atoms with Crippen LogP contribution < -0.4 is 0 Å². The lowest BCUT2D eigenvalue weighted by molar-refractivity contribution is -0.207. The van der Waals surface area contributed by atoms with Gasteiger partial charge in [0.25, 0.3) is 0 Å². The normalized spacial score (nSPS) is 23.7. The lowest BCUT2D eigenvalue weighted by Gasteiger charge is -2.44. The summed E-state index contributed by atoms with van der Waals surface area (Å²) < 4.78 is 23.3. The van der Waals surface area contributed by atoms with Crippen molar-refractivity contribution in [3.63, 3.8) is 0 Å². The van der Waals surface area contributed by atoms with Crippen LogP contribution in [0, 0.1) is 12.8 Å². The maximum Gasteiger partial charge on any atom is 0.303 e. The van der Waals surface area contributed by atoms with Crippen molar-refractivity contribution in [1.82, 2.24) is 15.0 Å². The lowest BCUT2D eigenvalue weighted by atomic mass is 9.79. The number of esters is 4. The number of nitrogens with zero attached hydrogens (tertiary/aromatic N) is 3. The molecule has 1 aromatic heterocycles. The Morgan fingerprint density at radius 3 is 2.00 bits per heavy atom. The largest absolute Gasteiger partial charge is 0.465 e. The number of hydrogen-bond acceptors (Lipinski definition) is 10. The first-order valence-electron chi connectivity index (χ1n) is 11.2. The minimum absolute atomic E-state index is 0.103. The average molecular weight is 488 g/mol. The van der Waals surface area contributed by atoms with Gasteiger partial charge in [-0.2, -0.15) is 0 Å². The summed E-state index contributed by atoms with van der Waals surface area (Å²) in [7, 11) is 0. The van der Waals surface area contributed by atoms with E-state index in [-0.39, 0.29) is 13.0 Å². The van der Waals surface area contributed by atoms with Gasteiger partial charge in [-0.05, 0) is 13.3 Å². The van der Waals surface area contributed by atoms with E-state index in [0.717, 1.165) is 11.1 Å². The van der Waals surface area contributed by atoms with Gasteiger partial charge >= 0.3 is 23.9 Å². The standard InChI is InChI=1S/C24H29N3O8/c1-13-6-8-18(9-7-13)20-11-27(26-25-20)21-10-19(12-32-14(2)28)22(33-15(3)29)24(35-17(5)31)23(21)34-16(4)30/h6-9,11,19,21-24H,10,12H2,1-5H3/t19-,21+,22-,23+,24+/m1/s1. The molecule has 1 aliphatic rings. The number of hydrogen-bond donors (Lipinski definition) is 0. The highest BCUT2D eigenvalue weighted by atomic mass is 16.6. The maximum absolute atomic E-state index is 12.0. The second kappa shape index (κ2) is 11.1. The van der Waals surface area contributed by atoms with Gasteiger partial charge in [0.2, 0.25) is 0 Å². The minimum atomic E-state index is -1.16. The van der Waals surface area contributed by atoms with Gasteiger partial charge in [-0.1, -0.05) is 35.0 Å². The first-order chi connectivity index (χ1) is 16.5. The van der Waals surface area contributed by atoms with E-state index in [2.05, 4.69) is 10.3 Å². The van der Waals surface area contributed by atoms with E-state index in [9.17, 15) is 19.2 Å². The van der Waals surface area contributed by atoms with Crippen molar-refractivity contribution in [2.45, 2.75) is 65.4 Å². The third-order valence-corrected chi connectivity index (χ3v) is 5.64. The molecule has 0 radical (unpaired) electrons. The van der Waals surface area contributed by atoms with Gasteiger partial charge in [-0.3, -0.25) is 19.2 Å². The van der Waals surface area contributed by atoms with Crippen LogP contribution in [0.25, 0.3) is 11.3 Å². The number of carbonyl (C=O) groups excluding carboxylic acids is 4. The molecule has 1 fully saturated rings. The zero-order valence-corrected chi connectivity index (χ0v) is 20.3. The van der Waals surface area contributed by atoms with Crippen molar-refractivity contribution in [2.24, 2.45) is 5.92 Å². The number of ether oxygens (including phenoxy) is 4. The van der Waals surface area contributed by atoms with Crippen molar-refractivity contribution >= 4 is 23.9 Å². The Balaban J connectivity index is 2.03. The van der Waals surface area contributed by atoms with E-state index in [0.29, 0.717) is 5.69 Å². The summed E-state index contributed by atoms with van der Waals surface area (Å²) >= 11 is 0. The summed E-state index contributed by atoms with van der Waals surface area (Å²) in [5.74, 6) is -2.98. The third kappa shape index (κ3) is 6.65. The molecular formula is C24H29N3O8. The van der Waals surface area contributed by atoms with Crippen molar-refractivity contribution in [3.05, 3.63) is 36.0 Å². The molecule has 5 atom stereocenters. The Kier molecular flexibility index (Phi) is 8.21. The van der Waals surface area contributed by atoms with Crippen LogP contribution in [-0.4, -0.2) is 63.8 Å². The zero-order chi connectivity index (χ0) is 25.7. The molecule has 0 saturated heterocycles. The fourth-order valence-corrected chi connectivity index (χ4v) is 4.21. The number of carbonyl (C=O) groups is 4. The van der Waals surface area contributed by atoms with Crippen molar-refractivity contribution in [2.75, 3.05) is 6.61 Å². The van der Waals surface area contributed by atoms with Crippen LogP contribution in [0.5, 0.6) is 0 Å². The zero-order valence-electron chi connectivity index (χ0n) is 20.3. The van der Waals surface area contributed by atoms with Gasteiger partial charge in [-0.15, -0.1) is 5.10 Å².